The molecule has 0 aromatic heterocycles. The molecular weight excluding hydrogens is 1060 g/mol. The van der Waals surface area contributed by atoms with Crippen molar-refractivity contribution in [3.8, 4) is 23.0 Å². The smallest absolute Gasteiger partial charge is 0.417 e. The molecular formula is C75H118O6P2. The Hall–Kier alpha value is -3.14. The van der Waals surface area contributed by atoms with E-state index in [2.05, 4.69) is 156 Å². The van der Waals surface area contributed by atoms with Gasteiger partial charge in [-0.1, -0.05) is 285 Å². The molecule has 0 aliphatic heterocycles. The highest BCUT2D eigenvalue weighted by Gasteiger charge is 2.35. The largest absolute Gasteiger partial charge is 0.463 e. The van der Waals surface area contributed by atoms with Gasteiger partial charge < -0.3 is 18.1 Å². The molecule has 0 radical (unpaired) electrons. The van der Waals surface area contributed by atoms with Gasteiger partial charge in [0.1, 0.15) is 23.0 Å². The van der Waals surface area contributed by atoms with Gasteiger partial charge in [-0.05, 0) is 133 Å². The van der Waals surface area contributed by atoms with Crippen molar-refractivity contribution in [2.24, 2.45) is 0 Å². The van der Waals surface area contributed by atoms with E-state index < -0.39 is 17.2 Å². The van der Waals surface area contributed by atoms with E-state index in [-0.39, 0.29) is 16.2 Å². The van der Waals surface area contributed by atoms with Gasteiger partial charge >= 0.3 is 17.2 Å². The minimum atomic E-state index is -1.75. The second kappa shape index (κ2) is 36.2. The van der Waals surface area contributed by atoms with E-state index >= 15 is 0 Å². The number of para-hydroxylation sites is 2. The Kier molecular flexibility index (Phi) is 30.1. The van der Waals surface area contributed by atoms with Crippen LogP contribution in [-0.2, 0) is 25.3 Å². The summed E-state index contributed by atoms with van der Waals surface area (Å²) in [5.41, 5.74) is 8.99. The average molecular weight is 1180 g/mol. The van der Waals surface area contributed by atoms with Gasteiger partial charge in [-0.25, -0.2) is 0 Å². The third-order valence-electron chi connectivity index (χ3n) is 18.1. The van der Waals surface area contributed by atoms with Gasteiger partial charge in [-0.2, -0.15) is 0 Å². The Morgan fingerprint density at radius 3 is 0.988 bits per heavy atom. The first-order chi connectivity index (χ1) is 40.0. The Balaban J connectivity index is 1.24. The minimum absolute atomic E-state index is 0.228. The lowest BCUT2D eigenvalue weighted by atomic mass is 9.71. The van der Waals surface area contributed by atoms with Crippen LogP contribution >= 0.6 is 17.2 Å². The molecule has 0 amide bonds. The zero-order chi connectivity index (χ0) is 59.5. The van der Waals surface area contributed by atoms with Crippen molar-refractivity contribution in [1.82, 2.24) is 0 Å². The number of aryl methyl sites for hydroxylation is 2. The quantitative estimate of drug-likeness (QED) is 0.0329. The van der Waals surface area contributed by atoms with Gasteiger partial charge in [0.15, 0.2) is 0 Å². The molecule has 0 N–H and O–H groups in total. The first-order valence-corrected chi connectivity index (χ1v) is 36.3. The van der Waals surface area contributed by atoms with Crippen molar-refractivity contribution >= 4 is 17.2 Å². The van der Waals surface area contributed by atoms with Crippen LogP contribution in [-0.4, -0.2) is 13.2 Å². The van der Waals surface area contributed by atoms with E-state index in [1.54, 1.807) is 0 Å². The maximum atomic E-state index is 7.15. The number of benzene rings is 4. The molecule has 2 fully saturated rings. The maximum absolute atomic E-state index is 7.15. The molecule has 4 aromatic carbocycles. The monoisotopic (exact) mass is 1180 g/mol. The first-order valence-electron chi connectivity index (χ1n) is 34.1. The Bertz CT molecular complexity index is 2270. The molecule has 6 nitrogen and oxygen atoms in total. The van der Waals surface area contributed by atoms with Crippen LogP contribution in [0.5, 0.6) is 23.0 Å². The van der Waals surface area contributed by atoms with Crippen molar-refractivity contribution in [3.05, 3.63) is 117 Å². The second-order valence-electron chi connectivity index (χ2n) is 27.7. The summed E-state index contributed by atoms with van der Waals surface area (Å²) in [7, 11) is -3.49. The summed E-state index contributed by atoms with van der Waals surface area (Å²) in [6.07, 6.45) is 41.0. The number of unbranched alkanes of at least 4 members (excludes halogenated alkanes) is 20. The molecule has 0 heterocycles. The van der Waals surface area contributed by atoms with Crippen molar-refractivity contribution in [3.63, 3.8) is 0 Å². The molecule has 2 atom stereocenters. The lowest BCUT2D eigenvalue weighted by molar-refractivity contribution is 0.255. The van der Waals surface area contributed by atoms with Crippen LogP contribution in [0, 0.1) is 13.8 Å². The van der Waals surface area contributed by atoms with E-state index in [0.29, 0.717) is 25.0 Å². The van der Waals surface area contributed by atoms with Crippen molar-refractivity contribution < 1.29 is 27.1 Å². The van der Waals surface area contributed by atoms with E-state index in [4.69, 9.17) is 27.1 Å². The lowest BCUT2D eigenvalue weighted by Gasteiger charge is -2.35. The van der Waals surface area contributed by atoms with Crippen LogP contribution < -0.4 is 18.1 Å². The molecule has 4 aromatic rings. The number of rotatable bonds is 38. The van der Waals surface area contributed by atoms with Gasteiger partial charge in [0.25, 0.3) is 0 Å². The SMILES string of the molecule is CCCCCCCCCCCCCOP(Oc1ccccc1C1CCCCC1)Oc1cc(C)c(C(C)(C)c2cc(C(C)(C)C)c(OP(OCCCCCCCCCCCCC)Oc3ccccc3C3CCCCC3)cc2C)cc1C(C)(C)C. The van der Waals surface area contributed by atoms with Crippen LogP contribution in [0.2, 0.25) is 0 Å². The minimum Gasteiger partial charge on any atom is -0.417 e. The number of hydrogen-bond donors (Lipinski definition) is 0. The third-order valence-corrected chi connectivity index (χ3v) is 20.3. The topological polar surface area (TPSA) is 55.4 Å². The van der Waals surface area contributed by atoms with Crippen LogP contribution in [0.1, 0.15) is 331 Å². The summed E-state index contributed by atoms with van der Waals surface area (Å²) in [4.78, 5) is 0. The molecule has 2 aliphatic carbocycles. The summed E-state index contributed by atoms with van der Waals surface area (Å²) in [6, 6.07) is 26.8. The van der Waals surface area contributed by atoms with E-state index in [0.717, 1.165) is 59.8 Å². The van der Waals surface area contributed by atoms with Crippen molar-refractivity contribution in [2.45, 2.75) is 317 Å². The summed E-state index contributed by atoms with van der Waals surface area (Å²) < 4.78 is 41.8. The zero-order valence-corrected chi connectivity index (χ0v) is 56.8. The first kappa shape index (κ1) is 69.0. The fourth-order valence-electron chi connectivity index (χ4n) is 13.1. The fourth-order valence-corrected chi connectivity index (χ4v) is 15.2. The highest BCUT2D eigenvalue weighted by molar-refractivity contribution is 7.42. The molecule has 2 saturated carbocycles. The van der Waals surface area contributed by atoms with Crippen molar-refractivity contribution in [2.75, 3.05) is 13.2 Å². The van der Waals surface area contributed by atoms with Crippen molar-refractivity contribution in [1.29, 1.82) is 0 Å². The normalized spacial score (nSPS) is 15.6. The summed E-state index contributed by atoms with van der Waals surface area (Å²) >= 11 is 0. The highest BCUT2D eigenvalue weighted by atomic mass is 31.2. The fraction of sp³-hybridized carbons (Fsp3) is 0.680. The molecule has 0 spiro atoms. The predicted molar refractivity (Wildman–Crippen MR) is 358 cm³/mol. The van der Waals surface area contributed by atoms with Gasteiger partial charge in [0, 0.05) is 16.5 Å². The molecule has 464 valence electrons. The van der Waals surface area contributed by atoms with Gasteiger partial charge in [0.05, 0.1) is 13.2 Å². The van der Waals surface area contributed by atoms with Crippen LogP contribution in [0.4, 0.5) is 0 Å². The Morgan fingerprint density at radius 1 is 0.361 bits per heavy atom. The predicted octanol–water partition coefficient (Wildman–Crippen LogP) is 25.3. The molecule has 83 heavy (non-hydrogen) atoms. The van der Waals surface area contributed by atoms with Gasteiger partial charge in [-0.3, -0.25) is 9.05 Å². The Labute approximate surface area is 511 Å². The second-order valence-corrected chi connectivity index (χ2v) is 29.9. The number of hydrogen-bond acceptors (Lipinski definition) is 6. The van der Waals surface area contributed by atoms with Crippen LogP contribution in [0.25, 0.3) is 0 Å². The van der Waals surface area contributed by atoms with Gasteiger partial charge in [-0.15, -0.1) is 0 Å². The summed E-state index contributed by atoms with van der Waals surface area (Å²) in [5.74, 6) is 4.51. The average Bonchev–Trinajstić information content (AvgIpc) is 2.27. The van der Waals surface area contributed by atoms with Crippen LogP contribution in [0.3, 0.4) is 0 Å². The molecule has 0 bridgehead atoms. The zero-order valence-electron chi connectivity index (χ0n) is 55.0. The molecule has 6 rings (SSSR count). The molecule has 2 unspecified atom stereocenters. The third kappa shape index (κ3) is 22.8. The summed E-state index contributed by atoms with van der Waals surface area (Å²) in [5, 5.41) is 0. The highest BCUT2D eigenvalue weighted by Crippen LogP contribution is 2.52. The van der Waals surface area contributed by atoms with Gasteiger partial charge in [0.2, 0.25) is 0 Å². The van der Waals surface area contributed by atoms with Crippen LogP contribution in [0.15, 0.2) is 72.8 Å². The van der Waals surface area contributed by atoms with E-state index in [9.17, 15) is 0 Å². The van der Waals surface area contributed by atoms with E-state index in [1.807, 2.05) is 0 Å². The molecule has 0 saturated heterocycles. The molecule has 8 heteroatoms. The standard InChI is InChI=1S/C75H118O6P2/c1-13-15-17-19-21-23-25-27-29-31-43-53-76-82(78-69-51-41-39-49-63(69)61-45-35-33-36-46-61)80-71-55-59(3)65(57-67(71)73(5,6)7)75(11,12)66-58-68(74(8,9)10)72(56-60(66)4)81-83(77-54-44-32-30-28-26-24-22-20-18-16-14-2)79-70-52-42-40-50-64(70)62-47-37-34-38-48-62/h39-42,49-52,55-58,61-62H,13-38,43-48,53-54H2,1-12H3. The summed E-state index contributed by atoms with van der Waals surface area (Å²) in [6.45, 7) is 28.9. The molecule has 2 aliphatic rings. The lowest BCUT2D eigenvalue weighted by Crippen LogP contribution is -2.25. The Morgan fingerprint density at radius 2 is 0.663 bits per heavy atom. The van der Waals surface area contributed by atoms with E-state index in [1.165, 1.54) is 213 Å². The maximum Gasteiger partial charge on any atom is 0.463 e.